The number of carbonyl (C=O) groups is 2. The van der Waals surface area contributed by atoms with E-state index in [0.29, 0.717) is 35.3 Å². The van der Waals surface area contributed by atoms with Gasteiger partial charge in [0.05, 0.1) is 5.02 Å². The Morgan fingerprint density at radius 3 is 2.70 bits per heavy atom. The van der Waals surface area contributed by atoms with Gasteiger partial charge >= 0.3 is 5.97 Å². The molecule has 0 bridgehead atoms. The highest BCUT2D eigenvalue weighted by atomic mass is 35.5. The fourth-order valence-corrected chi connectivity index (χ4v) is 2.29. The summed E-state index contributed by atoms with van der Waals surface area (Å²) in [6.45, 7) is 2.42. The van der Waals surface area contributed by atoms with E-state index in [1.165, 1.54) is 17.9 Å². The molecule has 2 rings (SSSR count). The summed E-state index contributed by atoms with van der Waals surface area (Å²) in [4.78, 5) is 24.8. The number of ether oxygens (including phenoxy) is 3. The molecule has 0 N–H and O–H groups in total. The van der Waals surface area contributed by atoms with Crippen molar-refractivity contribution >= 4 is 29.6 Å². The van der Waals surface area contributed by atoms with Crippen LogP contribution in [0.3, 0.4) is 0 Å². The van der Waals surface area contributed by atoms with Crippen LogP contribution < -0.4 is 9.47 Å². The molecule has 0 unspecified atom stereocenters. The Morgan fingerprint density at radius 1 is 1.30 bits per heavy atom. The van der Waals surface area contributed by atoms with Crippen LogP contribution in [0.4, 0.5) is 0 Å². The highest BCUT2D eigenvalue weighted by Gasteiger charge is 2.18. The Kier molecular flexibility index (Phi) is 5.50. The number of carbonyl (C=O) groups excluding carboxylic acids is 2. The first-order valence-corrected chi connectivity index (χ1v) is 7.45. The lowest BCUT2D eigenvalue weighted by molar-refractivity contribution is -0.153. The first-order chi connectivity index (χ1) is 10.9. The van der Waals surface area contributed by atoms with Crippen molar-refractivity contribution in [1.82, 2.24) is 4.90 Å². The van der Waals surface area contributed by atoms with E-state index in [-0.39, 0.29) is 5.91 Å². The number of likely N-dealkylation sites (N-methyl/N-ethyl adjacent to an activating group) is 1. The van der Waals surface area contributed by atoms with Crippen LogP contribution in [0.25, 0.3) is 6.08 Å². The number of nitrogens with zero attached hydrogens (tertiary/aromatic N) is 1. The second-order valence-corrected chi connectivity index (χ2v) is 5.58. The zero-order valence-corrected chi connectivity index (χ0v) is 13.9. The van der Waals surface area contributed by atoms with Gasteiger partial charge in [0.25, 0.3) is 5.91 Å². The molecule has 1 amide bonds. The molecule has 0 fully saturated rings. The molecule has 0 aliphatic carbocycles. The second kappa shape index (κ2) is 7.37. The van der Waals surface area contributed by atoms with Gasteiger partial charge in [-0.05, 0) is 30.7 Å². The van der Waals surface area contributed by atoms with Crippen LogP contribution in [-0.2, 0) is 14.3 Å². The van der Waals surface area contributed by atoms with Crippen LogP contribution >= 0.6 is 11.6 Å². The van der Waals surface area contributed by atoms with E-state index in [4.69, 9.17) is 25.8 Å². The van der Waals surface area contributed by atoms with Crippen molar-refractivity contribution in [2.24, 2.45) is 0 Å². The molecule has 1 atom stereocenters. The van der Waals surface area contributed by atoms with Gasteiger partial charge in [0.1, 0.15) is 13.2 Å². The largest absolute Gasteiger partial charge is 0.486 e. The number of benzene rings is 1. The minimum absolute atomic E-state index is 0.283. The summed E-state index contributed by atoms with van der Waals surface area (Å²) < 4.78 is 15.9. The number of fused-ring (bicyclic) bond motifs is 1. The number of halogens is 1. The topological polar surface area (TPSA) is 65.1 Å². The Morgan fingerprint density at radius 2 is 2.00 bits per heavy atom. The summed E-state index contributed by atoms with van der Waals surface area (Å²) in [5.41, 5.74) is 0.669. The van der Waals surface area contributed by atoms with E-state index in [1.54, 1.807) is 32.3 Å². The molecule has 1 aliphatic heterocycles. The number of amides is 1. The first kappa shape index (κ1) is 17.1. The fraction of sp³-hybridized carbons (Fsp3) is 0.375. The first-order valence-electron chi connectivity index (χ1n) is 7.07. The van der Waals surface area contributed by atoms with Gasteiger partial charge in [-0.25, -0.2) is 4.79 Å². The van der Waals surface area contributed by atoms with E-state index in [2.05, 4.69) is 0 Å². The van der Waals surface area contributed by atoms with Gasteiger partial charge in [-0.2, -0.15) is 0 Å². The molecular weight excluding hydrogens is 322 g/mol. The summed E-state index contributed by atoms with van der Waals surface area (Å²) in [5.74, 6) is 0.142. The third-order valence-electron chi connectivity index (χ3n) is 3.11. The number of hydrogen-bond donors (Lipinski definition) is 0. The van der Waals surface area contributed by atoms with Crippen LogP contribution in [0.5, 0.6) is 11.5 Å². The molecule has 0 spiro atoms. The molecule has 1 aliphatic rings. The second-order valence-electron chi connectivity index (χ2n) is 5.17. The monoisotopic (exact) mass is 339 g/mol. The number of rotatable bonds is 4. The molecule has 0 saturated heterocycles. The molecule has 0 aromatic heterocycles. The van der Waals surface area contributed by atoms with Gasteiger partial charge in [0, 0.05) is 20.2 Å². The predicted molar refractivity (Wildman–Crippen MR) is 85.7 cm³/mol. The molecule has 124 valence electrons. The lowest BCUT2D eigenvalue weighted by atomic mass is 10.2. The van der Waals surface area contributed by atoms with Gasteiger partial charge in [-0.3, -0.25) is 4.79 Å². The van der Waals surface area contributed by atoms with Crippen LogP contribution in [0, 0.1) is 0 Å². The van der Waals surface area contributed by atoms with Crippen molar-refractivity contribution in [3.05, 3.63) is 28.8 Å². The minimum Gasteiger partial charge on any atom is -0.486 e. The fourth-order valence-electron chi connectivity index (χ4n) is 2.02. The van der Waals surface area contributed by atoms with Crippen molar-refractivity contribution in [3.63, 3.8) is 0 Å². The van der Waals surface area contributed by atoms with Crippen LogP contribution in [-0.4, -0.2) is 50.2 Å². The average molecular weight is 340 g/mol. The molecule has 6 nitrogen and oxygen atoms in total. The molecule has 7 heteroatoms. The summed E-state index contributed by atoms with van der Waals surface area (Å²) in [6, 6.07) is 3.38. The van der Waals surface area contributed by atoms with E-state index < -0.39 is 12.1 Å². The van der Waals surface area contributed by atoms with Crippen molar-refractivity contribution in [2.75, 3.05) is 27.3 Å². The quantitative estimate of drug-likeness (QED) is 0.621. The molecular formula is C16H18ClNO5. The summed E-state index contributed by atoms with van der Waals surface area (Å²) in [5, 5.41) is 0.409. The lowest BCUT2D eigenvalue weighted by Crippen LogP contribution is -2.34. The third-order valence-corrected chi connectivity index (χ3v) is 3.39. The van der Waals surface area contributed by atoms with Gasteiger partial charge in [0.2, 0.25) is 0 Å². The predicted octanol–water partition coefficient (Wildman–Crippen LogP) is 2.14. The van der Waals surface area contributed by atoms with Gasteiger partial charge in [-0.1, -0.05) is 11.6 Å². The summed E-state index contributed by atoms with van der Waals surface area (Å²) >= 11 is 6.12. The smallest absolute Gasteiger partial charge is 0.331 e. The van der Waals surface area contributed by atoms with Gasteiger partial charge < -0.3 is 19.1 Å². The van der Waals surface area contributed by atoms with Crippen molar-refractivity contribution in [3.8, 4) is 11.5 Å². The summed E-state index contributed by atoms with van der Waals surface area (Å²) in [6.07, 6.45) is 1.94. The van der Waals surface area contributed by atoms with E-state index in [0.717, 1.165) is 0 Å². The normalized spacial score (nSPS) is 14.4. The molecule has 1 heterocycles. The summed E-state index contributed by atoms with van der Waals surface area (Å²) in [7, 11) is 3.19. The van der Waals surface area contributed by atoms with Crippen LogP contribution in [0.15, 0.2) is 18.2 Å². The number of esters is 1. The van der Waals surface area contributed by atoms with Crippen molar-refractivity contribution in [2.45, 2.75) is 13.0 Å². The van der Waals surface area contributed by atoms with Crippen molar-refractivity contribution in [1.29, 1.82) is 0 Å². The molecule has 1 aromatic rings. The van der Waals surface area contributed by atoms with E-state index >= 15 is 0 Å². The SMILES string of the molecule is C[C@@H](OC(=O)/C=C/c1cc(Cl)c2c(c1)OCCO2)C(=O)N(C)C. The van der Waals surface area contributed by atoms with Crippen LogP contribution in [0.1, 0.15) is 12.5 Å². The highest BCUT2D eigenvalue weighted by molar-refractivity contribution is 6.32. The molecule has 0 radical (unpaired) electrons. The van der Waals surface area contributed by atoms with E-state index in [1.807, 2.05) is 0 Å². The maximum atomic E-state index is 11.8. The number of hydrogen-bond acceptors (Lipinski definition) is 5. The minimum atomic E-state index is -0.842. The zero-order valence-electron chi connectivity index (χ0n) is 13.2. The van der Waals surface area contributed by atoms with Crippen molar-refractivity contribution < 1.29 is 23.8 Å². The molecule has 1 aromatic carbocycles. The zero-order chi connectivity index (χ0) is 17.0. The average Bonchev–Trinajstić information content (AvgIpc) is 2.52. The molecule has 23 heavy (non-hydrogen) atoms. The van der Waals surface area contributed by atoms with Gasteiger partial charge in [0.15, 0.2) is 17.6 Å². The Bertz CT molecular complexity index is 642. The lowest BCUT2D eigenvalue weighted by Gasteiger charge is -2.19. The van der Waals surface area contributed by atoms with Gasteiger partial charge in [-0.15, -0.1) is 0 Å². The highest BCUT2D eigenvalue weighted by Crippen LogP contribution is 2.38. The van der Waals surface area contributed by atoms with E-state index in [9.17, 15) is 9.59 Å². The Hall–Kier alpha value is -2.21. The maximum absolute atomic E-state index is 11.8. The Balaban J connectivity index is 2.04. The molecule has 0 saturated carbocycles. The maximum Gasteiger partial charge on any atom is 0.331 e. The Labute approximate surface area is 139 Å². The van der Waals surface area contributed by atoms with Crippen LogP contribution in [0.2, 0.25) is 5.02 Å². The third kappa shape index (κ3) is 4.39. The standard InChI is InChI=1S/C16H18ClNO5/c1-10(16(20)18(2)3)23-14(19)5-4-11-8-12(17)15-13(9-11)21-6-7-22-15/h4-5,8-10H,6-7H2,1-3H3/b5-4+/t10-/m1/s1.